The number of ether oxygens (including phenoxy) is 1. The second-order valence-electron chi connectivity index (χ2n) is 4.91. The van der Waals surface area contributed by atoms with Gasteiger partial charge in [0.15, 0.2) is 0 Å². The van der Waals surface area contributed by atoms with Crippen LogP contribution in [-0.2, 0) is 9.53 Å². The van der Waals surface area contributed by atoms with Gasteiger partial charge in [0.1, 0.15) is 6.04 Å². The molecule has 0 aromatic rings. The van der Waals surface area contributed by atoms with Crippen molar-refractivity contribution >= 4 is 5.97 Å². The van der Waals surface area contributed by atoms with Crippen LogP contribution in [0.4, 0.5) is 0 Å². The van der Waals surface area contributed by atoms with Crippen LogP contribution in [-0.4, -0.2) is 36.1 Å². The standard InChI is InChI=1S/C13H25NO2/c1-5-12(13(15)16-6-2)14(10(3)4)9-11-7-8-11/h10-12H,5-9H2,1-4H3. The Labute approximate surface area is 99.1 Å². The van der Waals surface area contributed by atoms with Crippen molar-refractivity contribution in [1.82, 2.24) is 4.90 Å². The smallest absolute Gasteiger partial charge is 0.323 e. The molecule has 0 spiro atoms. The molecule has 0 aliphatic heterocycles. The Kier molecular flexibility index (Phi) is 5.26. The van der Waals surface area contributed by atoms with E-state index in [1.54, 1.807) is 0 Å². The van der Waals surface area contributed by atoms with Crippen molar-refractivity contribution in [1.29, 1.82) is 0 Å². The van der Waals surface area contributed by atoms with E-state index in [0.29, 0.717) is 12.6 Å². The van der Waals surface area contributed by atoms with Crippen LogP contribution >= 0.6 is 0 Å². The second kappa shape index (κ2) is 6.24. The van der Waals surface area contributed by atoms with Crippen LogP contribution in [0.2, 0.25) is 0 Å². The third kappa shape index (κ3) is 3.78. The highest BCUT2D eigenvalue weighted by Crippen LogP contribution is 2.31. The van der Waals surface area contributed by atoms with E-state index >= 15 is 0 Å². The summed E-state index contributed by atoms with van der Waals surface area (Å²) >= 11 is 0. The molecule has 3 nitrogen and oxygen atoms in total. The molecular formula is C13H25NO2. The van der Waals surface area contributed by atoms with Gasteiger partial charge in [-0.05, 0) is 46.0 Å². The van der Waals surface area contributed by atoms with Gasteiger partial charge in [0.05, 0.1) is 6.61 Å². The maximum atomic E-state index is 11.9. The molecule has 1 atom stereocenters. The first-order chi connectivity index (χ1) is 7.60. The van der Waals surface area contributed by atoms with Crippen LogP contribution in [0.1, 0.15) is 47.0 Å². The average Bonchev–Trinajstić information content (AvgIpc) is 3.01. The van der Waals surface area contributed by atoms with E-state index in [-0.39, 0.29) is 12.0 Å². The fourth-order valence-corrected chi connectivity index (χ4v) is 2.07. The average molecular weight is 227 g/mol. The zero-order chi connectivity index (χ0) is 12.1. The Hall–Kier alpha value is -0.570. The van der Waals surface area contributed by atoms with E-state index in [0.717, 1.165) is 18.9 Å². The van der Waals surface area contributed by atoms with Crippen molar-refractivity contribution in [2.45, 2.75) is 59.0 Å². The summed E-state index contributed by atoms with van der Waals surface area (Å²) in [6.07, 6.45) is 3.48. The van der Waals surface area contributed by atoms with Gasteiger partial charge in [0.2, 0.25) is 0 Å². The first kappa shape index (κ1) is 13.5. The minimum Gasteiger partial charge on any atom is -0.465 e. The highest BCUT2D eigenvalue weighted by molar-refractivity contribution is 5.75. The van der Waals surface area contributed by atoms with Crippen LogP contribution in [0.15, 0.2) is 0 Å². The fourth-order valence-electron chi connectivity index (χ4n) is 2.07. The topological polar surface area (TPSA) is 29.5 Å². The molecule has 1 unspecified atom stereocenters. The largest absolute Gasteiger partial charge is 0.465 e. The summed E-state index contributed by atoms with van der Waals surface area (Å²) in [7, 11) is 0. The molecule has 0 amide bonds. The number of esters is 1. The predicted octanol–water partition coefficient (Wildman–Crippen LogP) is 2.45. The van der Waals surface area contributed by atoms with Crippen LogP contribution in [0, 0.1) is 5.92 Å². The zero-order valence-corrected chi connectivity index (χ0v) is 11.0. The number of hydrogen-bond donors (Lipinski definition) is 0. The Bertz CT molecular complexity index is 224. The second-order valence-corrected chi connectivity index (χ2v) is 4.91. The number of carbonyl (C=O) groups excluding carboxylic acids is 1. The van der Waals surface area contributed by atoms with Crippen molar-refractivity contribution in [3.63, 3.8) is 0 Å². The molecule has 0 saturated heterocycles. The van der Waals surface area contributed by atoms with Gasteiger partial charge in [0.25, 0.3) is 0 Å². The van der Waals surface area contributed by atoms with Gasteiger partial charge >= 0.3 is 5.97 Å². The lowest BCUT2D eigenvalue weighted by Gasteiger charge is -2.32. The first-order valence-corrected chi connectivity index (χ1v) is 6.52. The van der Waals surface area contributed by atoms with Gasteiger partial charge in [-0.3, -0.25) is 9.69 Å². The summed E-state index contributed by atoms with van der Waals surface area (Å²) in [5.41, 5.74) is 0. The lowest BCUT2D eigenvalue weighted by atomic mass is 10.1. The Morgan fingerprint density at radius 3 is 2.38 bits per heavy atom. The van der Waals surface area contributed by atoms with Crippen molar-refractivity contribution < 1.29 is 9.53 Å². The summed E-state index contributed by atoms with van der Waals surface area (Å²) in [5, 5.41) is 0. The molecule has 0 bridgehead atoms. The Morgan fingerprint density at radius 2 is 2.00 bits per heavy atom. The lowest BCUT2D eigenvalue weighted by molar-refractivity contribution is -0.150. The highest BCUT2D eigenvalue weighted by Gasteiger charge is 2.32. The summed E-state index contributed by atoms with van der Waals surface area (Å²) < 4.78 is 5.15. The number of rotatable bonds is 7. The molecule has 0 radical (unpaired) electrons. The molecule has 1 aliphatic carbocycles. The minimum absolute atomic E-state index is 0.0550. The van der Waals surface area contributed by atoms with E-state index in [1.807, 2.05) is 6.92 Å². The van der Waals surface area contributed by atoms with E-state index < -0.39 is 0 Å². The molecule has 0 heterocycles. The minimum atomic E-state index is -0.0562. The summed E-state index contributed by atoms with van der Waals surface area (Å²) in [4.78, 5) is 14.2. The SMILES string of the molecule is CCOC(=O)C(CC)N(CC1CC1)C(C)C. The van der Waals surface area contributed by atoms with Crippen LogP contribution in [0.3, 0.4) is 0 Å². The molecular weight excluding hydrogens is 202 g/mol. The summed E-state index contributed by atoms with van der Waals surface area (Å²) in [6.45, 7) is 9.77. The monoisotopic (exact) mass is 227 g/mol. The highest BCUT2D eigenvalue weighted by atomic mass is 16.5. The van der Waals surface area contributed by atoms with Crippen molar-refractivity contribution in [3.05, 3.63) is 0 Å². The van der Waals surface area contributed by atoms with Crippen molar-refractivity contribution in [2.24, 2.45) is 5.92 Å². The molecule has 16 heavy (non-hydrogen) atoms. The van der Waals surface area contributed by atoms with Crippen molar-refractivity contribution in [3.8, 4) is 0 Å². The Morgan fingerprint density at radius 1 is 1.38 bits per heavy atom. The quantitative estimate of drug-likeness (QED) is 0.626. The fraction of sp³-hybridized carbons (Fsp3) is 0.923. The van der Waals surface area contributed by atoms with Gasteiger partial charge in [0, 0.05) is 12.6 Å². The molecule has 3 heteroatoms. The van der Waals surface area contributed by atoms with E-state index in [4.69, 9.17) is 4.74 Å². The summed E-state index contributed by atoms with van der Waals surface area (Å²) in [6, 6.07) is 0.357. The molecule has 0 N–H and O–H groups in total. The molecule has 1 rings (SSSR count). The zero-order valence-electron chi connectivity index (χ0n) is 11.0. The number of nitrogens with zero attached hydrogens (tertiary/aromatic N) is 1. The Balaban J connectivity index is 2.59. The number of hydrogen-bond acceptors (Lipinski definition) is 3. The van der Waals surface area contributed by atoms with Crippen LogP contribution in [0.25, 0.3) is 0 Å². The first-order valence-electron chi connectivity index (χ1n) is 6.52. The van der Waals surface area contributed by atoms with Gasteiger partial charge in [-0.1, -0.05) is 6.92 Å². The molecule has 94 valence electrons. The molecule has 0 aromatic heterocycles. The summed E-state index contributed by atoms with van der Waals surface area (Å²) in [5.74, 6) is 0.755. The maximum Gasteiger partial charge on any atom is 0.323 e. The molecule has 0 aromatic carbocycles. The van der Waals surface area contributed by atoms with Crippen LogP contribution in [0.5, 0.6) is 0 Å². The third-order valence-corrected chi connectivity index (χ3v) is 3.17. The van der Waals surface area contributed by atoms with Gasteiger partial charge in [-0.2, -0.15) is 0 Å². The number of carbonyl (C=O) groups is 1. The normalized spacial score (nSPS) is 17.9. The third-order valence-electron chi connectivity index (χ3n) is 3.17. The van der Waals surface area contributed by atoms with Crippen molar-refractivity contribution in [2.75, 3.05) is 13.2 Å². The lowest BCUT2D eigenvalue weighted by Crippen LogP contribution is -2.46. The van der Waals surface area contributed by atoms with Gasteiger partial charge in [-0.15, -0.1) is 0 Å². The van der Waals surface area contributed by atoms with Gasteiger partial charge < -0.3 is 4.74 Å². The maximum absolute atomic E-state index is 11.9. The van der Waals surface area contributed by atoms with Crippen LogP contribution < -0.4 is 0 Å². The van der Waals surface area contributed by atoms with Gasteiger partial charge in [-0.25, -0.2) is 0 Å². The molecule has 1 fully saturated rings. The molecule has 1 saturated carbocycles. The van der Waals surface area contributed by atoms with E-state index in [9.17, 15) is 4.79 Å². The predicted molar refractivity (Wildman–Crippen MR) is 65.3 cm³/mol. The van der Waals surface area contributed by atoms with E-state index in [2.05, 4.69) is 25.7 Å². The van der Waals surface area contributed by atoms with E-state index in [1.165, 1.54) is 12.8 Å². The molecule has 1 aliphatic rings.